The van der Waals surface area contributed by atoms with E-state index in [9.17, 15) is 0 Å². The SMILES string of the molecule is C=C(C)C1C[C@H](C)C[C@H](OC(C)C)C1. The molecule has 0 heterocycles. The van der Waals surface area contributed by atoms with Crippen molar-refractivity contribution < 1.29 is 4.74 Å². The summed E-state index contributed by atoms with van der Waals surface area (Å²) in [6.45, 7) is 12.8. The Kier molecular flexibility index (Phi) is 4.18. The third-order valence-electron chi connectivity index (χ3n) is 3.06. The highest BCUT2D eigenvalue weighted by molar-refractivity contribution is 4.99. The lowest BCUT2D eigenvalue weighted by atomic mass is 9.78. The van der Waals surface area contributed by atoms with Gasteiger partial charge in [-0.15, -0.1) is 0 Å². The van der Waals surface area contributed by atoms with Crippen molar-refractivity contribution in [3.63, 3.8) is 0 Å². The van der Waals surface area contributed by atoms with Crippen LogP contribution < -0.4 is 0 Å². The summed E-state index contributed by atoms with van der Waals surface area (Å²) in [7, 11) is 0. The Bertz CT molecular complexity index is 193. The predicted molar refractivity (Wildman–Crippen MR) is 61.3 cm³/mol. The molecule has 82 valence electrons. The maximum Gasteiger partial charge on any atom is 0.0586 e. The average molecular weight is 196 g/mol. The quantitative estimate of drug-likeness (QED) is 0.624. The Labute approximate surface area is 88.5 Å². The second-order valence-corrected chi connectivity index (χ2v) is 5.16. The Balaban J connectivity index is 2.49. The van der Waals surface area contributed by atoms with Gasteiger partial charge in [0.15, 0.2) is 0 Å². The van der Waals surface area contributed by atoms with Crippen LogP contribution in [0.1, 0.15) is 47.0 Å². The first-order chi connectivity index (χ1) is 6.49. The number of hydrogen-bond acceptors (Lipinski definition) is 1. The molecule has 1 aliphatic rings. The zero-order valence-electron chi connectivity index (χ0n) is 10.0. The molecule has 0 aromatic heterocycles. The van der Waals surface area contributed by atoms with Gasteiger partial charge in [0.25, 0.3) is 0 Å². The first-order valence-corrected chi connectivity index (χ1v) is 5.80. The number of hydrogen-bond donors (Lipinski definition) is 0. The Morgan fingerprint density at radius 1 is 1.29 bits per heavy atom. The van der Waals surface area contributed by atoms with Crippen LogP contribution in [-0.4, -0.2) is 12.2 Å². The van der Waals surface area contributed by atoms with Crippen molar-refractivity contribution in [3.05, 3.63) is 12.2 Å². The maximum atomic E-state index is 5.90. The van der Waals surface area contributed by atoms with E-state index >= 15 is 0 Å². The minimum atomic E-state index is 0.357. The fourth-order valence-electron chi connectivity index (χ4n) is 2.44. The fraction of sp³-hybridized carbons (Fsp3) is 0.846. The van der Waals surface area contributed by atoms with Crippen LogP contribution in [0.4, 0.5) is 0 Å². The smallest absolute Gasteiger partial charge is 0.0586 e. The van der Waals surface area contributed by atoms with Crippen molar-refractivity contribution >= 4 is 0 Å². The van der Waals surface area contributed by atoms with Crippen molar-refractivity contribution in [2.45, 2.75) is 59.2 Å². The third kappa shape index (κ3) is 3.45. The van der Waals surface area contributed by atoms with Gasteiger partial charge in [-0.25, -0.2) is 0 Å². The van der Waals surface area contributed by atoms with E-state index in [4.69, 9.17) is 4.74 Å². The monoisotopic (exact) mass is 196 g/mol. The molecule has 0 radical (unpaired) electrons. The molecule has 1 unspecified atom stereocenters. The largest absolute Gasteiger partial charge is 0.376 e. The summed E-state index contributed by atoms with van der Waals surface area (Å²) in [5.41, 5.74) is 1.33. The van der Waals surface area contributed by atoms with Gasteiger partial charge in [0.05, 0.1) is 12.2 Å². The Morgan fingerprint density at radius 3 is 2.43 bits per heavy atom. The molecule has 0 aromatic carbocycles. The summed E-state index contributed by atoms with van der Waals surface area (Å²) in [6.07, 6.45) is 4.52. The summed E-state index contributed by atoms with van der Waals surface area (Å²) >= 11 is 0. The molecule has 0 spiro atoms. The zero-order valence-corrected chi connectivity index (χ0v) is 10.0. The summed E-state index contributed by atoms with van der Waals surface area (Å²) < 4.78 is 5.90. The molecule has 1 nitrogen and oxygen atoms in total. The molecular formula is C13H24O. The van der Waals surface area contributed by atoms with Gasteiger partial charge in [0.1, 0.15) is 0 Å². The van der Waals surface area contributed by atoms with Gasteiger partial charge in [0, 0.05) is 0 Å². The number of allylic oxidation sites excluding steroid dienone is 1. The van der Waals surface area contributed by atoms with E-state index in [2.05, 4.69) is 34.3 Å². The third-order valence-corrected chi connectivity index (χ3v) is 3.06. The molecule has 1 rings (SSSR count). The van der Waals surface area contributed by atoms with E-state index in [1.807, 2.05) is 0 Å². The van der Waals surface area contributed by atoms with E-state index in [0.717, 1.165) is 5.92 Å². The molecule has 14 heavy (non-hydrogen) atoms. The van der Waals surface area contributed by atoms with Crippen LogP contribution in [-0.2, 0) is 4.74 Å². The molecule has 0 N–H and O–H groups in total. The van der Waals surface area contributed by atoms with Crippen LogP contribution in [0.15, 0.2) is 12.2 Å². The van der Waals surface area contributed by atoms with Crippen LogP contribution in [0.3, 0.4) is 0 Å². The second-order valence-electron chi connectivity index (χ2n) is 5.16. The summed E-state index contributed by atoms with van der Waals surface area (Å²) in [5, 5.41) is 0. The Hall–Kier alpha value is -0.300. The van der Waals surface area contributed by atoms with Crippen molar-refractivity contribution in [3.8, 4) is 0 Å². The summed E-state index contributed by atoms with van der Waals surface area (Å²) in [4.78, 5) is 0. The minimum Gasteiger partial charge on any atom is -0.376 e. The molecule has 1 saturated carbocycles. The van der Waals surface area contributed by atoms with Gasteiger partial charge in [-0.1, -0.05) is 19.1 Å². The van der Waals surface area contributed by atoms with E-state index in [1.54, 1.807) is 0 Å². The van der Waals surface area contributed by atoms with Crippen LogP contribution in [0.5, 0.6) is 0 Å². The molecule has 0 saturated heterocycles. The lowest BCUT2D eigenvalue weighted by Crippen LogP contribution is -2.29. The lowest BCUT2D eigenvalue weighted by Gasteiger charge is -2.34. The number of rotatable bonds is 3. The van der Waals surface area contributed by atoms with Crippen molar-refractivity contribution in [1.82, 2.24) is 0 Å². The van der Waals surface area contributed by atoms with Crippen molar-refractivity contribution in [2.75, 3.05) is 0 Å². The topological polar surface area (TPSA) is 9.23 Å². The lowest BCUT2D eigenvalue weighted by molar-refractivity contribution is -0.0313. The van der Waals surface area contributed by atoms with E-state index in [-0.39, 0.29) is 0 Å². The normalized spacial score (nSPS) is 33.4. The fourth-order valence-corrected chi connectivity index (χ4v) is 2.44. The van der Waals surface area contributed by atoms with Crippen LogP contribution in [0.2, 0.25) is 0 Å². The van der Waals surface area contributed by atoms with Crippen molar-refractivity contribution in [2.24, 2.45) is 11.8 Å². The number of ether oxygens (including phenoxy) is 1. The van der Waals surface area contributed by atoms with Gasteiger partial charge in [0.2, 0.25) is 0 Å². The van der Waals surface area contributed by atoms with Gasteiger partial charge in [-0.2, -0.15) is 0 Å². The summed E-state index contributed by atoms with van der Waals surface area (Å²) in [5.74, 6) is 1.47. The van der Waals surface area contributed by atoms with Gasteiger partial charge < -0.3 is 4.74 Å². The minimum absolute atomic E-state index is 0.357. The van der Waals surface area contributed by atoms with Crippen molar-refractivity contribution in [1.29, 1.82) is 0 Å². The molecule has 0 bridgehead atoms. The maximum absolute atomic E-state index is 5.90. The molecule has 1 fully saturated rings. The highest BCUT2D eigenvalue weighted by Gasteiger charge is 2.27. The molecule has 3 atom stereocenters. The predicted octanol–water partition coefficient (Wildman–Crippen LogP) is 3.79. The molecule has 1 heteroatoms. The average Bonchev–Trinajstić information content (AvgIpc) is 2.01. The van der Waals surface area contributed by atoms with E-state index in [0.29, 0.717) is 18.1 Å². The van der Waals surface area contributed by atoms with Gasteiger partial charge in [-0.3, -0.25) is 0 Å². The summed E-state index contributed by atoms with van der Waals surface area (Å²) in [6, 6.07) is 0. The zero-order chi connectivity index (χ0) is 10.7. The second kappa shape index (κ2) is 4.97. The van der Waals surface area contributed by atoms with Gasteiger partial charge >= 0.3 is 0 Å². The molecule has 0 aromatic rings. The van der Waals surface area contributed by atoms with Crippen LogP contribution in [0, 0.1) is 11.8 Å². The Morgan fingerprint density at radius 2 is 1.93 bits per heavy atom. The van der Waals surface area contributed by atoms with E-state index < -0.39 is 0 Å². The highest BCUT2D eigenvalue weighted by atomic mass is 16.5. The first kappa shape index (κ1) is 11.8. The molecule has 0 amide bonds. The van der Waals surface area contributed by atoms with Gasteiger partial charge in [-0.05, 0) is 51.9 Å². The molecule has 0 aliphatic heterocycles. The first-order valence-electron chi connectivity index (χ1n) is 5.80. The van der Waals surface area contributed by atoms with Crippen LogP contribution >= 0.6 is 0 Å². The standard InChI is InChI=1S/C13H24O/c1-9(2)12-6-11(5)7-13(8-12)14-10(3)4/h10-13H,1,6-8H2,2-5H3/t11-,12?,13-/m0/s1. The van der Waals surface area contributed by atoms with Crippen LogP contribution in [0.25, 0.3) is 0 Å². The van der Waals surface area contributed by atoms with E-state index in [1.165, 1.54) is 24.8 Å². The highest BCUT2D eigenvalue weighted by Crippen LogP contribution is 2.34. The molecule has 1 aliphatic carbocycles. The molecular weight excluding hydrogens is 172 g/mol.